The number of nitrogens with zero attached hydrogens (tertiary/aromatic N) is 3. The lowest BCUT2D eigenvalue weighted by Gasteiger charge is -2.35. The summed E-state index contributed by atoms with van der Waals surface area (Å²) in [6.07, 6.45) is 4.68. The molecule has 4 unspecified atom stereocenters. The SMILES string of the molecule is CCCOc1c2c(c(CO)c3c1C(=CCn1ccnc1N1CNC4C(=O)NC(N)NC41)C(C=O)=C(C(=O)OCC)O3)OC(C(C)(C)O)C2. The van der Waals surface area contributed by atoms with Crippen LogP contribution >= 0.6 is 0 Å². The molecule has 258 valence electrons. The van der Waals surface area contributed by atoms with E-state index in [9.17, 15) is 24.6 Å². The number of ether oxygens (including phenoxy) is 4. The Bertz CT molecular complexity index is 1680. The van der Waals surface area contributed by atoms with E-state index in [1.165, 1.54) is 0 Å². The van der Waals surface area contributed by atoms with Gasteiger partial charge in [0.25, 0.3) is 0 Å². The van der Waals surface area contributed by atoms with E-state index < -0.39 is 42.8 Å². The maximum absolute atomic E-state index is 13.2. The molecule has 2 aromatic rings. The van der Waals surface area contributed by atoms with E-state index in [0.29, 0.717) is 60.1 Å². The Morgan fingerprint density at radius 1 is 1.29 bits per heavy atom. The molecule has 4 atom stereocenters. The molecule has 1 aromatic heterocycles. The first kappa shape index (κ1) is 33.4. The van der Waals surface area contributed by atoms with Gasteiger partial charge in [-0.25, -0.2) is 9.78 Å². The second kappa shape index (κ2) is 13.2. The lowest BCUT2D eigenvalue weighted by atomic mass is 9.87. The number of hydrogen-bond donors (Lipinski definition) is 6. The number of amides is 1. The van der Waals surface area contributed by atoms with Crippen LogP contribution in [0.3, 0.4) is 0 Å². The summed E-state index contributed by atoms with van der Waals surface area (Å²) in [7, 11) is 0. The smallest absolute Gasteiger partial charge is 0.375 e. The number of anilines is 1. The third kappa shape index (κ3) is 5.79. The molecule has 0 bridgehead atoms. The minimum atomic E-state index is -1.24. The third-order valence-corrected chi connectivity index (χ3v) is 8.69. The van der Waals surface area contributed by atoms with Gasteiger partial charge in [-0.05, 0) is 27.2 Å². The molecular weight excluding hydrogens is 626 g/mol. The maximum Gasteiger partial charge on any atom is 0.375 e. The van der Waals surface area contributed by atoms with Gasteiger partial charge in [0.2, 0.25) is 17.6 Å². The second-order valence-electron chi connectivity index (χ2n) is 12.4. The van der Waals surface area contributed by atoms with Crippen molar-refractivity contribution in [1.82, 2.24) is 25.5 Å². The fourth-order valence-corrected chi connectivity index (χ4v) is 6.41. The number of nitrogens with one attached hydrogen (secondary N) is 3. The van der Waals surface area contributed by atoms with Gasteiger partial charge in [0.1, 0.15) is 41.8 Å². The molecule has 6 rings (SSSR count). The molecule has 1 aromatic carbocycles. The molecule has 4 aliphatic heterocycles. The number of aldehydes is 1. The highest BCUT2D eigenvalue weighted by Gasteiger charge is 2.45. The number of rotatable bonds is 11. The van der Waals surface area contributed by atoms with E-state index in [2.05, 4.69) is 20.9 Å². The summed E-state index contributed by atoms with van der Waals surface area (Å²) < 4.78 is 25.8. The van der Waals surface area contributed by atoms with Crippen molar-refractivity contribution in [2.75, 3.05) is 24.8 Å². The standard InChI is InChI=1S/C32H41N7O9/c1-5-11-46-24-17-12-20(32(3,4)44)47-23(17)19(14-41)25-21(24)16(18(13-40)26(48-25)29(43)45-6-2)7-9-38-10-8-34-31(38)39-15-35-22-27(39)36-30(33)37-28(22)42/h7-8,10,13,20,22,27,30,35-36,41,44H,5-6,9,11-12,14-15,33H2,1-4H3,(H,37,42). The van der Waals surface area contributed by atoms with Crippen molar-refractivity contribution in [3.05, 3.63) is 46.5 Å². The minimum absolute atomic E-state index is 0.0299. The topological polar surface area (TPSA) is 212 Å². The second-order valence-corrected chi connectivity index (χ2v) is 12.4. The summed E-state index contributed by atoms with van der Waals surface area (Å²) in [5, 5.41) is 30.5. The lowest BCUT2D eigenvalue weighted by molar-refractivity contribution is -0.141. The van der Waals surface area contributed by atoms with Crippen LogP contribution in [0.4, 0.5) is 5.95 Å². The molecule has 0 spiro atoms. The molecule has 16 nitrogen and oxygen atoms in total. The number of hydrogen-bond acceptors (Lipinski definition) is 14. The molecule has 0 radical (unpaired) electrons. The van der Waals surface area contributed by atoms with Crippen LogP contribution in [0.1, 0.15) is 50.8 Å². The highest BCUT2D eigenvalue weighted by molar-refractivity contribution is 6.10. The number of imidazole rings is 1. The average Bonchev–Trinajstić information content (AvgIpc) is 3.80. The van der Waals surface area contributed by atoms with Gasteiger partial charge in [-0.1, -0.05) is 13.0 Å². The van der Waals surface area contributed by atoms with Gasteiger partial charge < -0.3 is 43.9 Å². The number of aliphatic hydroxyl groups is 2. The first-order chi connectivity index (χ1) is 23.0. The van der Waals surface area contributed by atoms with Crippen LogP contribution in [0, 0.1) is 0 Å². The molecule has 2 fully saturated rings. The average molecular weight is 668 g/mol. The van der Waals surface area contributed by atoms with Gasteiger partial charge in [0, 0.05) is 36.5 Å². The fraction of sp³-hybridized carbons (Fsp3) is 0.500. The van der Waals surface area contributed by atoms with Crippen molar-refractivity contribution in [3.63, 3.8) is 0 Å². The summed E-state index contributed by atoms with van der Waals surface area (Å²) >= 11 is 0. The number of aliphatic hydroxyl groups excluding tert-OH is 1. The normalized spacial score (nSPS) is 24.0. The number of benzene rings is 1. The molecule has 0 saturated carbocycles. The summed E-state index contributed by atoms with van der Waals surface area (Å²) in [6, 6.07) is -0.556. The molecule has 5 heterocycles. The quantitative estimate of drug-likeness (QED) is 0.135. The van der Waals surface area contributed by atoms with Crippen LogP contribution < -0.4 is 40.8 Å². The largest absolute Gasteiger partial charge is 0.492 e. The van der Waals surface area contributed by atoms with E-state index in [1.54, 1.807) is 39.2 Å². The van der Waals surface area contributed by atoms with Crippen LogP contribution in [0.2, 0.25) is 0 Å². The van der Waals surface area contributed by atoms with E-state index in [0.717, 1.165) is 0 Å². The summed E-state index contributed by atoms with van der Waals surface area (Å²) in [5.74, 6) is -0.176. The number of carbonyl (C=O) groups excluding carboxylic acids is 3. The van der Waals surface area contributed by atoms with Crippen LogP contribution in [0.25, 0.3) is 5.57 Å². The molecule has 2 saturated heterocycles. The minimum Gasteiger partial charge on any atom is -0.492 e. The zero-order valence-corrected chi connectivity index (χ0v) is 27.2. The van der Waals surface area contributed by atoms with E-state index in [1.807, 2.05) is 16.4 Å². The van der Waals surface area contributed by atoms with Crippen LogP contribution in [0.15, 0.2) is 29.8 Å². The van der Waals surface area contributed by atoms with Gasteiger partial charge in [-0.2, -0.15) is 0 Å². The first-order valence-electron chi connectivity index (χ1n) is 15.9. The van der Waals surface area contributed by atoms with Gasteiger partial charge in [-0.3, -0.25) is 26.0 Å². The van der Waals surface area contributed by atoms with Crippen LogP contribution in [-0.4, -0.2) is 88.0 Å². The van der Waals surface area contributed by atoms with Gasteiger partial charge in [0.05, 0.1) is 48.8 Å². The Hall–Kier alpha value is -4.48. The van der Waals surface area contributed by atoms with E-state index in [-0.39, 0.29) is 48.1 Å². The Labute approximate surface area is 276 Å². The number of esters is 1. The van der Waals surface area contributed by atoms with Crippen molar-refractivity contribution in [3.8, 4) is 17.2 Å². The highest BCUT2D eigenvalue weighted by atomic mass is 16.6. The lowest BCUT2D eigenvalue weighted by Crippen LogP contribution is -2.70. The fourth-order valence-electron chi connectivity index (χ4n) is 6.41. The number of carbonyl (C=O) groups is 3. The van der Waals surface area contributed by atoms with Crippen molar-refractivity contribution < 1.29 is 43.5 Å². The summed E-state index contributed by atoms with van der Waals surface area (Å²) in [4.78, 5) is 45.0. The number of allylic oxidation sites excluding steroid dienone is 3. The zero-order valence-electron chi connectivity index (χ0n) is 27.2. The van der Waals surface area contributed by atoms with Crippen molar-refractivity contribution in [2.45, 2.75) is 83.9 Å². The summed E-state index contributed by atoms with van der Waals surface area (Å²) in [5.41, 5.74) is 6.22. The van der Waals surface area contributed by atoms with E-state index in [4.69, 9.17) is 24.7 Å². The number of aromatic nitrogens is 2. The van der Waals surface area contributed by atoms with Crippen molar-refractivity contribution in [1.29, 1.82) is 0 Å². The molecule has 48 heavy (non-hydrogen) atoms. The molecule has 7 N–H and O–H groups in total. The Morgan fingerprint density at radius 2 is 2.08 bits per heavy atom. The predicted molar refractivity (Wildman–Crippen MR) is 170 cm³/mol. The summed E-state index contributed by atoms with van der Waals surface area (Å²) in [6.45, 7) is 7.11. The predicted octanol–water partition coefficient (Wildman–Crippen LogP) is -0.246. The van der Waals surface area contributed by atoms with E-state index >= 15 is 0 Å². The molecule has 1 amide bonds. The van der Waals surface area contributed by atoms with Crippen molar-refractivity contribution in [2.24, 2.45) is 5.73 Å². The van der Waals surface area contributed by atoms with Crippen molar-refractivity contribution >= 4 is 29.7 Å². The Morgan fingerprint density at radius 3 is 2.77 bits per heavy atom. The first-order valence-corrected chi connectivity index (χ1v) is 15.9. The number of fused-ring (bicyclic) bond motifs is 3. The number of nitrogens with two attached hydrogens (primary N) is 1. The molecule has 16 heteroatoms. The Balaban J connectivity index is 1.50. The highest BCUT2D eigenvalue weighted by Crippen LogP contribution is 2.54. The monoisotopic (exact) mass is 667 g/mol. The molecule has 4 aliphatic rings. The Kier molecular flexibility index (Phi) is 9.19. The maximum atomic E-state index is 13.2. The third-order valence-electron chi connectivity index (χ3n) is 8.69. The molecular formula is C32H41N7O9. The van der Waals surface area contributed by atoms with Gasteiger partial charge in [0.15, 0.2) is 6.29 Å². The van der Waals surface area contributed by atoms with Gasteiger partial charge >= 0.3 is 5.97 Å². The van der Waals surface area contributed by atoms with Crippen LogP contribution in [-0.2, 0) is 38.7 Å². The molecule has 0 aliphatic carbocycles. The van der Waals surface area contributed by atoms with Crippen LogP contribution in [0.5, 0.6) is 17.2 Å². The zero-order chi connectivity index (χ0) is 34.3. The van der Waals surface area contributed by atoms with Gasteiger partial charge in [-0.15, -0.1) is 0 Å².